The van der Waals surface area contributed by atoms with Crippen LogP contribution in [0.3, 0.4) is 0 Å². The van der Waals surface area contributed by atoms with Crippen LogP contribution in [0.25, 0.3) is 23.3 Å². The largest absolute Gasteiger partial charge is 0.381 e. The summed E-state index contributed by atoms with van der Waals surface area (Å²) in [5, 5.41) is 7.37. The van der Waals surface area contributed by atoms with Crippen LogP contribution in [0, 0.1) is 0 Å². The molecule has 0 saturated carbocycles. The minimum absolute atomic E-state index is 0.135. The van der Waals surface area contributed by atoms with Gasteiger partial charge in [-0.1, -0.05) is 115 Å². The fourth-order valence-corrected chi connectivity index (χ4v) is 6.98. The van der Waals surface area contributed by atoms with Gasteiger partial charge < -0.3 is 10.6 Å². The van der Waals surface area contributed by atoms with Crippen LogP contribution in [0.5, 0.6) is 0 Å². The molecular formula is C35H48N2. The molecule has 3 aliphatic rings. The zero-order valence-electron chi connectivity index (χ0n) is 23.4. The lowest BCUT2D eigenvalue weighted by atomic mass is 9.70. The number of nitrogens with one attached hydrogen (secondary N) is 2. The predicted molar refractivity (Wildman–Crippen MR) is 164 cm³/mol. The highest BCUT2D eigenvalue weighted by Crippen LogP contribution is 2.56. The molecule has 198 valence electrons. The first kappa shape index (κ1) is 26.1. The number of hydrogen-bond donors (Lipinski definition) is 2. The Morgan fingerprint density at radius 2 is 1.00 bits per heavy atom. The first-order valence-electron chi connectivity index (χ1n) is 15.4. The van der Waals surface area contributed by atoms with Crippen LogP contribution in [-0.2, 0) is 5.41 Å². The van der Waals surface area contributed by atoms with E-state index in [-0.39, 0.29) is 5.41 Å². The van der Waals surface area contributed by atoms with E-state index in [9.17, 15) is 0 Å². The molecule has 2 heteroatoms. The van der Waals surface area contributed by atoms with Crippen LogP contribution in [0.15, 0.2) is 36.4 Å². The summed E-state index contributed by atoms with van der Waals surface area (Å²) in [6.07, 6.45) is 28.0. The summed E-state index contributed by atoms with van der Waals surface area (Å²) in [6.45, 7) is 6.50. The Balaban J connectivity index is 1.52. The van der Waals surface area contributed by atoms with Gasteiger partial charge in [0, 0.05) is 29.9 Å². The molecule has 2 nitrogen and oxygen atoms in total. The fraction of sp³-hybridized carbons (Fsp3) is 0.543. The van der Waals surface area contributed by atoms with Crippen molar-refractivity contribution in [2.45, 2.75) is 109 Å². The summed E-state index contributed by atoms with van der Waals surface area (Å²) in [4.78, 5) is 0. The van der Waals surface area contributed by atoms with Gasteiger partial charge in [0.25, 0.3) is 0 Å². The summed E-state index contributed by atoms with van der Waals surface area (Å²) in [5.74, 6) is 0. The standard InChI is InChI=1S/C35H48N2/c1-3-5-7-9-11-13-19-35(20-14-12-10-8-6-4-2)31-25-33-27(17-15-21-36-33)23-29(31)30-24-28-18-16-22-37-34(28)26-32(30)35/h15-18,23-26,36-37H,3-14,19-22H2,1-2H3. The smallest absolute Gasteiger partial charge is 0.0419 e. The van der Waals surface area contributed by atoms with Crippen LogP contribution < -0.4 is 10.6 Å². The Morgan fingerprint density at radius 1 is 0.568 bits per heavy atom. The highest BCUT2D eigenvalue weighted by Gasteiger charge is 2.43. The molecule has 0 aromatic heterocycles. The molecule has 5 rings (SSSR count). The summed E-state index contributed by atoms with van der Waals surface area (Å²) in [7, 11) is 0. The van der Waals surface area contributed by atoms with Crippen molar-refractivity contribution in [3.63, 3.8) is 0 Å². The molecule has 2 N–H and O–H groups in total. The number of unbranched alkanes of at least 4 members (excludes halogenated alkanes) is 10. The lowest BCUT2D eigenvalue weighted by Crippen LogP contribution is -2.26. The normalized spacial score (nSPS) is 15.9. The van der Waals surface area contributed by atoms with Gasteiger partial charge in [0.2, 0.25) is 0 Å². The molecule has 2 heterocycles. The lowest BCUT2D eigenvalue weighted by molar-refractivity contribution is 0.398. The van der Waals surface area contributed by atoms with E-state index in [1.807, 2.05) is 0 Å². The number of hydrogen-bond acceptors (Lipinski definition) is 2. The third-order valence-corrected chi connectivity index (χ3v) is 9.03. The second kappa shape index (κ2) is 12.4. The van der Waals surface area contributed by atoms with Crippen LogP contribution in [0.2, 0.25) is 0 Å². The summed E-state index contributed by atoms with van der Waals surface area (Å²) in [5.41, 5.74) is 11.6. The SMILES string of the molecule is CCCCCCCCC1(CCCCCCCC)c2cc3c(cc2-c2cc4c(cc21)NCC=C4)C=CCN3. The number of rotatable bonds is 14. The maximum Gasteiger partial charge on any atom is 0.0419 e. The number of benzene rings is 2. The predicted octanol–water partition coefficient (Wildman–Crippen LogP) is 10.3. The lowest BCUT2D eigenvalue weighted by Gasteiger charge is -2.34. The van der Waals surface area contributed by atoms with Gasteiger partial charge in [-0.15, -0.1) is 0 Å². The van der Waals surface area contributed by atoms with Crippen molar-refractivity contribution in [1.29, 1.82) is 0 Å². The van der Waals surface area contributed by atoms with E-state index in [0.29, 0.717) is 0 Å². The van der Waals surface area contributed by atoms with Gasteiger partial charge in [0.15, 0.2) is 0 Å². The molecule has 0 bridgehead atoms. The van der Waals surface area contributed by atoms with E-state index >= 15 is 0 Å². The zero-order valence-corrected chi connectivity index (χ0v) is 23.4. The van der Waals surface area contributed by atoms with E-state index in [0.717, 1.165) is 13.1 Å². The molecule has 37 heavy (non-hydrogen) atoms. The van der Waals surface area contributed by atoms with Crippen molar-refractivity contribution in [2.24, 2.45) is 0 Å². The number of anilines is 2. The zero-order chi connectivity index (χ0) is 25.5. The first-order chi connectivity index (χ1) is 18.3. The van der Waals surface area contributed by atoms with Gasteiger partial charge in [0.05, 0.1) is 0 Å². The number of fused-ring (bicyclic) bond motifs is 5. The minimum atomic E-state index is 0.135. The second-order valence-corrected chi connectivity index (χ2v) is 11.7. The highest BCUT2D eigenvalue weighted by molar-refractivity contribution is 5.90. The van der Waals surface area contributed by atoms with E-state index < -0.39 is 0 Å². The van der Waals surface area contributed by atoms with E-state index in [1.165, 1.54) is 124 Å². The maximum absolute atomic E-state index is 3.68. The van der Waals surface area contributed by atoms with E-state index in [2.05, 4.69) is 73.1 Å². The summed E-state index contributed by atoms with van der Waals surface area (Å²) in [6, 6.07) is 10.1. The quantitative estimate of drug-likeness (QED) is 0.254. The van der Waals surface area contributed by atoms with Crippen LogP contribution in [0.4, 0.5) is 11.4 Å². The van der Waals surface area contributed by atoms with Gasteiger partial charge >= 0.3 is 0 Å². The molecule has 2 aromatic carbocycles. The van der Waals surface area contributed by atoms with Gasteiger partial charge in [-0.3, -0.25) is 0 Å². The van der Waals surface area contributed by atoms with Gasteiger partial charge in [0.1, 0.15) is 0 Å². The molecule has 0 saturated heterocycles. The Labute approximate surface area is 226 Å². The molecule has 0 radical (unpaired) electrons. The van der Waals surface area contributed by atoms with Crippen LogP contribution in [0.1, 0.15) is 126 Å². The minimum Gasteiger partial charge on any atom is -0.381 e. The average molecular weight is 497 g/mol. The third-order valence-electron chi connectivity index (χ3n) is 9.03. The van der Waals surface area contributed by atoms with Crippen molar-refractivity contribution in [2.75, 3.05) is 23.7 Å². The summed E-state index contributed by atoms with van der Waals surface area (Å²) >= 11 is 0. The van der Waals surface area contributed by atoms with Gasteiger partial charge in [-0.25, -0.2) is 0 Å². The van der Waals surface area contributed by atoms with Crippen LogP contribution >= 0.6 is 0 Å². The van der Waals surface area contributed by atoms with Gasteiger partial charge in [-0.05, 0) is 70.5 Å². The van der Waals surface area contributed by atoms with E-state index in [4.69, 9.17) is 0 Å². The first-order valence-corrected chi connectivity index (χ1v) is 15.4. The molecule has 2 aromatic rings. The third kappa shape index (κ3) is 5.54. The molecule has 0 amide bonds. The molecule has 0 atom stereocenters. The fourth-order valence-electron chi connectivity index (χ4n) is 6.98. The Kier molecular flexibility index (Phi) is 8.74. The topological polar surface area (TPSA) is 24.1 Å². The second-order valence-electron chi connectivity index (χ2n) is 11.7. The van der Waals surface area contributed by atoms with Crippen LogP contribution in [-0.4, -0.2) is 13.1 Å². The molecule has 0 fully saturated rings. The molecule has 0 spiro atoms. The maximum atomic E-state index is 3.68. The Bertz CT molecular complexity index is 1030. The molecular weight excluding hydrogens is 448 g/mol. The van der Waals surface area contributed by atoms with Crippen molar-refractivity contribution in [3.8, 4) is 11.1 Å². The molecule has 2 aliphatic heterocycles. The highest BCUT2D eigenvalue weighted by atomic mass is 14.9. The van der Waals surface area contributed by atoms with Crippen molar-refractivity contribution >= 4 is 23.5 Å². The van der Waals surface area contributed by atoms with Gasteiger partial charge in [-0.2, -0.15) is 0 Å². The van der Waals surface area contributed by atoms with E-state index in [1.54, 1.807) is 11.1 Å². The Hall–Kier alpha value is -2.48. The monoisotopic (exact) mass is 496 g/mol. The van der Waals surface area contributed by atoms with Crippen molar-refractivity contribution in [1.82, 2.24) is 0 Å². The summed E-state index contributed by atoms with van der Waals surface area (Å²) < 4.78 is 0. The molecule has 0 unspecified atom stereocenters. The molecule has 1 aliphatic carbocycles. The average Bonchev–Trinajstić information content (AvgIpc) is 3.18. The van der Waals surface area contributed by atoms with Crippen molar-refractivity contribution in [3.05, 3.63) is 58.7 Å². The van der Waals surface area contributed by atoms with Crippen molar-refractivity contribution < 1.29 is 0 Å². The Morgan fingerprint density at radius 3 is 1.46 bits per heavy atom.